The summed E-state index contributed by atoms with van der Waals surface area (Å²) in [5.74, 6) is 2.20. The molecule has 1 aromatic rings. The molecule has 0 unspecified atom stereocenters. The largest absolute Gasteiger partial charge is 0.461 e. The lowest BCUT2D eigenvalue weighted by atomic mass is 9.83. The first-order valence-corrected chi connectivity index (χ1v) is 7.60. The molecule has 104 valence electrons. The van der Waals surface area contributed by atoms with Crippen molar-refractivity contribution in [1.82, 2.24) is 0 Å². The first-order chi connectivity index (χ1) is 9.13. The van der Waals surface area contributed by atoms with E-state index in [0.717, 1.165) is 17.9 Å². The smallest absolute Gasteiger partial charge is 0.130 e. The molecule has 0 saturated heterocycles. The van der Waals surface area contributed by atoms with E-state index in [1.165, 1.54) is 37.7 Å². The summed E-state index contributed by atoms with van der Waals surface area (Å²) < 4.78 is 6.11. The summed E-state index contributed by atoms with van der Waals surface area (Å²) in [5, 5.41) is 0. The zero-order valence-corrected chi connectivity index (χ0v) is 12.5. The van der Waals surface area contributed by atoms with Crippen LogP contribution in [-0.4, -0.2) is 0 Å². The average molecular weight is 258 g/mol. The minimum Gasteiger partial charge on any atom is -0.461 e. The molecule has 1 aromatic carbocycles. The zero-order valence-electron chi connectivity index (χ0n) is 12.5. The number of rotatable bonds is 6. The summed E-state index contributed by atoms with van der Waals surface area (Å²) in [4.78, 5) is 0. The van der Waals surface area contributed by atoms with Gasteiger partial charge in [-0.3, -0.25) is 0 Å². The summed E-state index contributed by atoms with van der Waals surface area (Å²) in [7, 11) is 0. The van der Waals surface area contributed by atoms with Gasteiger partial charge in [-0.15, -0.1) is 0 Å². The summed E-state index contributed by atoms with van der Waals surface area (Å²) in [6, 6.07) is 8.36. The zero-order chi connectivity index (χ0) is 13.7. The molecule has 0 N–H and O–H groups in total. The highest BCUT2D eigenvalue weighted by molar-refractivity contribution is 5.39. The quantitative estimate of drug-likeness (QED) is 0.612. The number of allylic oxidation sites excluding steroid dienone is 2. The van der Waals surface area contributed by atoms with Crippen molar-refractivity contribution in [2.24, 2.45) is 5.41 Å². The Morgan fingerprint density at radius 3 is 2.68 bits per heavy atom. The molecule has 0 atom stereocenters. The molecule has 1 nitrogen and oxygen atoms in total. The fourth-order valence-corrected chi connectivity index (χ4v) is 2.67. The van der Waals surface area contributed by atoms with E-state index in [0.29, 0.717) is 0 Å². The lowest BCUT2D eigenvalue weighted by Gasteiger charge is -2.31. The predicted molar refractivity (Wildman–Crippen MR) is 81.4 cm³/mol. The minimum absolute atomic E-state index is 0.154. The van der Waals surface area contributed by atoms with Gasteiger partial charge in [0.1, 0.15) is 11.5 Å². The molecule has 0 aliphatic carbocycles. The first-order valence-electron chi connectivity index (χ1n) is 7.60. The maximum Gasteiger partial charge on any atom is 0.130 e. The molecule has 0 saturated carbocycles. The summed E-state index contributed by atoms with van der Waals surface area (Å²) in [5.41, 5.74) is 1.45. The molecule has 0 amide bonds. The van der Waals surface area contributed by atoms with Crippen molar-refractivity contribution < 1.29 is 4.74 Å². The van der Waals surface area contributed by atoms with Crippen molar-refractivity contribution >= 4 is 0 Å². The van der Waals surface area contributed by atoms with Gasteiger partial charge in [-0.2, -0.15) is 0 Å². The highest BCUT2D eigenvalue weighted by Gasteiger charge is 2.27. The molecular weight excluding hydrogens is 232 g/mol. The Hall–Kier alpha value is -1.24. The SMILES string of the molecule is CCCCCCC(C)(C)C1=CCc2ccccc2O1. The number of ether oxygens (including phenoxy) is 1. The molecule has 0 spiro atoms. The summed E-state index contributed by atoms with van der Waals surface area (Å²) in [6.07, 6.45) is 9.76. The maximum absolute atomic E-state index is 6.11. The number of para-hydroxylation sites is 1. The van der Waals surface area contributed by atoms with E-state index >= 15 is 0 Å². The number of hydrogen-bond donors (Lipinski definition) is 0. The summed E-state index contributed by atoms with van der Waals surface area (Å²) in [6.45, 7) is 6.87. The van der Waals surface area contributed by atoms with Crippen molar-refractivity contribution in [3.8, 4) is 5.75 Å². The van der Waals surface area contributed by atoms with Crippen LogP contribution < -0.4 is 4.74 Å². The van der Waals surface area contributed by atoms with Crippen LogP contribution in [0.5, 0.6) is 5.75 Å². The lowest BCUT2D eigenvalue weighted by Crippen LogP contribution is -2.21. The van der Waals surface area contributed by atoms with Crippen molar-refractivity contribution in [2.45, 2.75) is 59.3 Å². The Kier molecular flexibility index (Phi) is 4.68. The average Bonchev–Trinajstić information content (AvgIpc) is 2.43. The van der Waals surface area contributed by atoms with Gasteiger partial charge >= 0.3 is 0 Å². The molecule has 1 aliphatic rings. The van der Waals surface area contributed by atoms with Crippen LogP contribution >= 0.6 is 0 Å². The van der Waals surface area contributed by atoms with Crippen molar-refractivity contribution in [3.63, 3.8) is 0 Å². The third-order valence-electron chi connectivity index (χ3n) is 4.02. The van der Waals surface area contributed by atoms with Gasteiger partial charge in [0.25, 0.3) is 0 Å². The van der Waals surface area contributed by atoms with Crippen molar-refractivity contribution in [1.29, 1.82) is 0 Å². The molecule has 0 radical (unpaired) electrons. The van der Waals surface area contributed by atoms with Crippen LogP contribution in [0.3, 0.4) is 0 Å². The van der Waals surface area contributed by atoms with E-state index in [2.05, 4.69) is 51.1 Å². The topological polar surface area (TPSA) is 9.23 Å². The Bertz CT molecular complexity index is 443. The van der Waals surface area contributed by atoms with E-state index in [1.54, 1.807) is 0 Å². The van der Waals surface area contributed by atoms with Crippen LogP contribution in [0.25, 0.3) is 0 Å². The fraction of sp³-hybridized carbons (Fsp3) is 0.556. The Morgan fingerprint density at radius 2 is 1.89 bits per heavy atom. The second-order valence-electron chi connectivity index (χ2n) is 6.18. The predicted octanol–water partition coefficient (Wildman–Crippen LogP) is 5.50. The van der Waals surface area contributed by atoms with E-state index in [-0.39, 0.29) is 5.41 Å². The molecule has 1 heteroatoms. The molecular formula is C18H26O. The minimum atomic E-state index is 0.154. The second kappa shape index (κ2) is 6.27. The molecule has 0 fully saturated rings. The van der Waals surface area contributed by atoms with Gasteiger partial charge in [-0.25, -0.2) is 0 Å². The van der Waals surface area contributed by atoms with Crippen molar-refractivity contribution in [3.05, 3.63) is 41.7 Å². The number of unbranched alkanes of at least 4 members (excludes halogenated alkanes) is 3. The monoisotopic (exact) mass is 258 g/mol. The van der Waals surface area contributed by atoms with Crippen LogP contribution in [0.2, 0.25) is 0 Å². The van der Waals surface area contributed by atoms with Gasteiger partial charge in [0.15, 0.2) is 0 Å². The van der Waals surface area contributed by atoms with Gasteiger partial charge < -0.3 is 4.74 Å². The van der Waals surface area contributed by atoms with E-state index < -0.39 is 0 Å². The standard InChI is InChI=1S/C18H26O/c1-4-5-6-9-14-18(2,3)17-13-12-15-10-7-8-11-16(15)19-17/h7-8,10-11,13H,4-6,9,12,14H2,1-3H3. The van der Waals surface area contributed by atoms with Crippen LogP contribution in [-0.2, 0) is 6.42 Å². The maximum atomic E-state index is 6.11. The lowest BCUT2D eigenvalue weighted by molar-refractivity contribution is 0.245. The third-order valence-corrected chi connectivity index (χ3v) is 4.02. The molecule has 1 aliphatic heterocycles. The molecule has 0 bridgehead atoms. The number of benzene rings is 1. The molecule has 0 aromatic heterocycles. The summed E-state index contributed by atoms with van der Waals surface area (Å²) >= 11 is 0. The molecule has 19 heavy (non-hydrogen) atoms. The van der Waals surface area contributed by atoms with Crippen LogP contribution in [0.15, 0.2) is 36.1 Å². The van der Waals surface area contributed by atoms with Crippen LogP contribution in [0, 0.1) is 5.41 Å². The second-order valence-corrected chi connectivity index (χ2v) is 6.18. The van der Waals surface area contributed by atoms with Gasteiger partial charge in [-0.1, -0.05) is 64.7 Å². The Balaban J connectivity index is 1.96. The van der Waals surface area contributed by atoms with Crippen LogP contribution in [0.1, 0.15) is 58.4 Å². The number of fused-ring (bicyclic) bond motifs is 1. The highest BCUT2D eigenvalue weighted by Crippen LogP contribution is 2.38. The molecule has 1 heterocycles. The van der Waals surface area contributed by atoms with E-state index in [9.17, 15) is 0 Å². The van der Waals surface area contributed by atoms with Gasteiger partial charge in [0.2, 0.25) is 0 Å². The van der Waals surface area contributed by atoms with Gasteiger partial charge in [0.05, 0.1) is 0 Å². The Morgan fingerprint density at radius 1 is 1.11 bits per heavy atom. The third kappa shape index (κ3) is 3.62. The first kappa shape index (κ1) is 14.2. The Labute approximate surface area is 117 Å². The highest BCUT2D eigenvalue weighted by atomic mass is 16.5. The molecule has 2 rings (SSSR count). The van der Waals surface area contributed by atoms with Crippen molar-refractivity contribution in [2.75, 3.05) is 0 Å². The van der Waals surface area contributed by atoms with Gasteiger partial charge in [-0.05, 0) is 30.5 Å². The van der Waals surface area contributed by atoms with E-state index in [4.69, 9.17) is 4.74 Å². The van der Waals surface area contributed by atoms with E-state index in [1.807, 2.05) is 0 Å². The number of hydrogen-bond acceptors (Lipinski definition) is 1. The fourth-order valence-electron chi connectivity index (χ4n) is 2.67. The van der Waals surface area contributed by atoms with Gasteiger partial charge in [0, 0.05) is 5.41 Å². The normalized spacial score (nSPS) is 14.6. The van der Waals surface area contributed by atoms with Crippen LogP contribution in [0.4, 0.5) is 0 Å².